The summed E-state index contributed by atoms with van der Waals surface area (Å²) < 4.78 is 66.1. The van der Waals surface area contributed by atoms with Gasteiger partial charge in [-0.25, -0.2) is 28.4 Å². The van der Waals surface area contributed by atoms with Crippen LogP contribution in [0.2, 0.25) is 0 Å². The fourth-order valence-electron chi connectivity index (χ4n) is 5.07. The molecular weight excluding hydrogens is 473 g/mol. The Morgan fingerprint density at radius 2 is 1.89 bits per heavy atom. The molecule has 3 aromatic heterocycles. The van der Waals surface area contributed by atoms with E-state index in [1.807, 2.05) is 11.8 Å². The van der Waals surface area contributed by atoms with Gasteiger partial charge in [0.25, 0.3) is 6.43 Å². The van der Waals surface area contributed by atoms with E-state index in [0.29, 0.717) is 37.3 Å². The Morgan fingerprint density at radius 1 is 1.11 bits per heavy atom. The maximum absolute atomic E-state index is 13.5. The van der Waals surface area contributed by atoms with Crippen LogP contribution in [0.15, 0.2) is 30.6 Å². The molecule has 5 rings (SSSR count). The molecular formula is C22H22F5N7O. The van der Waals surface area contributed by atoms with E-state index in [0.717, 1.165) is 10.7 Å². The van der Waals surface area contributed by atoms with Crippen LogP contribution in [0.1, 0.15) is 25.5 Å². The standard InChI is InChI=1S/C22H22F5N7O/c1-13-11-32(18-10-28-14-9-29-34(12-16(23)24)19(14)31-18)7-5-21(13)6-8-33(20(21)35)17-4-2-3-15(30-17)22(25,26)27/h2-4,9-10,13,16H,5-8,11-12H2,1H3/t13?,21-/m0/s1. The summed E-state index contributed by atoms with van der Waals surface area (Å²) in [6.07, 6.45) is -3.27. The van der Waals surface area contributed by atoms with E-state index >= 15 is 0 Å². The normalized spacial score (nSPS) is 23.3. The quantitative estimate of drug-likeness (QED) is 0.513. The number of halogens is 5. The second-order valence-electron chi connectivity index (χ2n) is 8.99. The molecule has 1 amide bonds. The maximum Gasteiger partial charge on any atom is 0.433 e. The average molecular weight is 495 g/mol. The van der Waals surface area contributed by atoms with Crippen molar-refractivity contribution < 1.29 is 26.7 Å². The number of piperidine rings is 1. The molecule has 8 nitrogen and oxygen atoms in total. The molecule has 3 aromatic rings. The van der Waals surface area contributed by atoms with Crippen LogP contribution in [0, 0.1) is 11.3 Å². The minimum atomic E-state index is -4.60. The highest BCUT2D eigenvalue weighted by molar-refractivity contribution is 5.99. The molecule has 1 unspecified atom stereocenters. The molecule has 0 aromatic carbocycles. The first kappa shape index (κ1) is 23.4. The third-order valence-corrected chi connectivity index (χ3v) is 6.99. The van der Waals surface area contributed by atoms with Gasteiger partial charge in [-0.2, -0.15) is 18.3 Å². The predicted octanol–water partition coefficient (Wildman–Crippen LogP) is 3.77. The molecule has 35 heavy (non-hydrogen) atoms. The van der Waals surface area contributed by atoms with Crippen LogP contribution in [0.4, 0.5) is 33.6 Å². The molecule has 5 heterocycles. The molecule has 0 radical (unpaired) electrons. The number of hydrogen-bond donors (Lipinski definition) is 0. The second kappa shape index (κ2) is 8.38. The molecule has 2 saturated heterocycles. The summed E-state index contributed by atoms with van der Waals surface area (Å²) >= 11 is 0. The Hall–Kier alpha value is -3.38. The highest BCUT2D eigenvalue weighted by Crippen LogP contribution is 2.47. The number of rotatable bonds is 4. The van der Waals surface area contributed by atoms with Crippen molar-refractivity contribution in [2.75, 3.05) is 29.4 Å². The molecule has 13 heteroatoms. The van der Waals surface area contributed by atoms with Gasteiger partial charge in [-0.1, -0.05) is 13.0 Å². The first-order valence-corrected chi connectivity index (χ1v) is 11.2. The number of anilines is 2. The van der Waals surface area contributed by atoms with Crippen LogP contribution >= 0.6 is 0 Å². The Labute approximate surface area is 196 Å². The zero-order valence-electron chi connectivity index (χ0n) is 18.7. The lowest BCUT2D eigenvalue weighted by Gasteiger charge is -2.43. The molecule has 0 saturated carbocycles. The monoisotopic (exact) mass is 495 g/mol. The molecule has 1 spiro atoms. The Morgan fingerprint density at radius 3 is 2.60 bits per heavy atom. The number of carbonyl (C=O) groups is 1. The zero-order chi connectivity index (χ0) is 25.0. The van der Waals surface area contributed by atoms with E-state index in [1.165, 1.54) is 23.2 Å². The highest BCUT2D eigenvalue weighted by Gasteiger charge is 2.53. The van der Waals surface area contributed by atoms with Gasteiger partial charge in [-0.3, -0.25) is 9.69 Å². The van der Waals surface area contributed by atoms with Crippen molar-refractivity contribution in [1.29, 1.82) is 0 Å². The number of pyridine rings is 1. The number of nitrogens with zero attached hydrogens (tertiary/aromatic N) is 7. The van der Waals surface area contributed by atoms with Crippen LogP contribution < -0.4 is 9.80 Å². The van der Waals surface area contributed by atoms with E-state index < -0.39 is 30.3 Å². The lowest BCUT2D eigenvalue weighted by Crippen LogP contribution is -2.50. The van der Waals surface area contributed by atoms with Crippen molar-refractivity contribution in [3.8, 4) is 0 Å². The molecule has 2 fully saturated rings. The summed E-state index contributed by atoms with van der Waals surface area (Å²) in [5.41, 5.74) is -1.09. The van der Waals surface area contributed by atoms with Gasteiger partial charge in [0.15, 0.2) is 5.65 Å². The SMILES string of the molecule is CC1CN(c2cnc3cnn(CC(F)F)c3n2)CC[C@]12CCN(c1cccc(C(F)(F)F)n1)C2=O. The fraction of sp³-hybridized carbons (Fsp3) is 0.500. The van der Waals surface area contributed by atoms with Crippen molar-refractivity contribution in [1.82, 2.24) is 24.7 Å². The van der Waals surface area contributed by atoms with Crippen molar-refractivity contribution >= 4 is 28.7 Å². The summed E-state index contributed by atoms with van der Waals surface area (Å²) in [6, 6.07) is 3.55. The van der Waals surface area contributed by atoms with Gasteiger partial charge >= 0.3 is 6.18 Å². The number of amides is 1. The average Bonchev–Trinajstić information content (AvgIpc) is 3.36. The van der Waals surface area contributed by atoms with Crippen LogP contribution in [0.5, 0.6) is 0 Å². The summed E-state index contributed by atoms with van der Waals surface area (Å²) in [6.45, 7) is 2.55. The summed E-state index contributed by atoms with van der Waals surface area (Å²) in [7, 11) is 0. The first-order valence-electron chi connectivity index (χ1n) is 11.2. The second-order valence-corrected chi connectivity index (χ2v) is 8.99. The molecule has 0 bridgehead atoms. The summed E-state index contributed by atoms with van der Waals surface area (Å²) in [5.74, 6) is 0.132. The van der Waals surface area contributed by atoms with Gasteiger partial charge in [0.1, 0.15) is 29.4 Å². The van der Waals surface area contributed by atoms with Crippen LogP contribution in [-0.4, -0.2) is 56.7 Å². The Bertz CT molecular complexity index is 1260. The van der Waals surface area contributed by atoms with Gasteiger partial charge in [0.05, 0.1) is 17.8 Å². The number of fused-ring (bicyclic) bond motifs is 1. The van der Waals surface area contributed by atoms with Crippen molar-refractivity contribution in [2.24, 2.45) is 11.3 Å². The Kier molecular flexibility index (Phi) is 5.59. The van der Waals surface area contributed by atoms with Gasteiger partial charge in [0, 0.05) is 19.6 Å². The first-order chi connectivity index (χ1) is 16.6. The van der Waals surface area contributed by atoms with E-state index in [2.05, 4.69) is 20.1 Å². The number of aromatic nitrogens is 5. The Balaban J connectivity index is 1.35. The number of carbonyl (C=O) groups excluding carboxylic acids is 1. The molecule has 2 atom stereocenters. The molecule has 186 valence electrons. The summed E-state index contributed by atoms with van der Waals surface area (Å²) in [4.78, 5) is 29.2. The van der Waals surface area contributed by atoms with E-state index in [-0.39, 0.29) is 29.8 Å². The third-order valence-electron chi connectivity index (χ3n) is 6.99. The van der Waals surface area contributed by atoms with Crippen LogP contribution in [0.25, 0.3) is 11.2 Å². The molecule has 2 aliphatic rings. The zero-order valence-corrected chi connectivity index (χ0v) is 18.7. The largest absolute Gasteiger partial charge is 0.433 e. The topological polar surface area (TPSA) is 80.0 Å². The maximum atomic E-state index is 13.5. The van der Waals surface area contributed by atoms with Crippen molar-refractivity contribution in [3.63, 3.8) is 0 Å². The smallest absolute Gasteiger partial charge is 0.355 e. The minimum absolute atomic E-state index is 0.0000557. The van der Waals surface area contributed by atoms with Gasteiger partial charge in [-0.15, -0.1) is 0 Å². The van der Waals surface area contributed by atoms with E-state index in [1.54, 1.807) is 6.20 Å². The lowest BCUT2D eigenvalue weighted by molar-refractivity contribution is -0.141. The number of alkyl halides is 5. The van der Waals surface area contributed by atoms with Crippen molar-refractivity contribution in [3.05, 3.63) is 36.3 Å². The molecule has 0 aliphatic carbocycles. The van der Waals surface area contributed by atoms with E-state index in [4.69, 9.17) is 0 Å². The highest BCUT2D eigenvalue weighted by atomic mass is 19.4. The van der Waals surface area contributed by atoms with Crippen LogP contribution in [0.3, 0.4) is 0 Å². The van der Waals surface area contributed by atoms with Gasteiger partial charge in [-0.05, 0) is 30.9 Å². The lowest BCUT2D eigenvalue weighted by atomic mass is 9.70. The summed E-state index contributed by atoms with van der Waals surface area (Å²) in [5, 5.41) is 3.93. The van der Waals surface area contributed by atoms with Gasteiger partial charge < -0.3 is 4.90 Å². The number of hydrogen-bond acceptors (Lipinski definition) is 6. The minimum Gasteiger partial charge on any atom is -0.355 e. The third kappa shape index (κ3) is 4.06. The molecule has 2 aliphatic heterocycles. The fourth-order valence-corrected chi connectivity index (χ4v) is 5.07. The van der Waals surface area contributed by atoms with Crippen LogP contribution in [-0.2, 0) is 17.5 Å². The molecule has 0 N–H and O–H groups in total. The van der Waals surface area contributed by atoms with Crippen molar-refractivity contribution in [2.45, 2.75) is 38.9 Å². The van der Waals surface area contributed by atoms with Gasteiger partial charge in [0.2, 0.25) is 5.91 Å². The predicted molar refractivity (Wildman–Crippen MR) is 116 cm³/mol. The van der Waals surface area contributed by atoms with E-state index in [9.17, 15) is 26.7 Å².